The van der Waals surface area contributed by atoms with Gasteiger partial charge >= 0.3 is 0 Å². The van der Waals surface area contributed by atoms with Gasteiger partial charge in [0.1, 0.15) is 11.0 Å². The first-order valence-corrected chi connectivity index (χ1v) is 17.4. The SMILES string of the molecule is CC1(C)CCC(CCCCCNc2cccc(S(=O)(=O)NC(=O)c3ccc(-n4ccc(OCCC5(C)CC5)n4)nc3Cl)n2)C1. The average molecular weight is 643 g/mol. The molecule has 3 aromatic rings. The highest BCUT2D eigenvalue weighted by Crippen LogP contribution is 2.48. The minimum absolute atomic E-state index is 0.0873. The van der Waals surface area contributed by atoms with Crippen LogP contribution in [0, 0.1) is 16.7 Å². The lowest BCUT2D eigenvalue weighted by atomic mass is 9.89. The molecule has 1 atom stereocenters. The minimum Gasteiger partial charge on any atom is -0.477 e. The first-order valence-electron chi connectivity index (χ1n) is 15.6. The van der Waals surface area contributed by atoms with E-state index in [0.717, 1.165) is 25.2 Å². The number of rotatable bonds is 15. The van der Waals surface area contributed by atoms with E-state index in [4.69, 9.17) is 16.3 Å². The molecule has 10 nitrogen and oxygen atoms in total. The topological polar surface area (TPSA) is 128 Å². The smallest absolute Gasteiger partial charge is 0.281 e. The van der Waals surface area contributed by atoms with E-state index >= 15 is 0 Å². The van der Waals surface area contributed by atoms with Crippen LogP contribution in [-0.2, 0) is 10.0 Å². The highest BCUT2D eigenvalue weighted by Gasteiger charge is 2.36. The second-order valence-electron chi connectivity index (χ2n) is 13.4. The number of ether oxygens (including phenoxy) is 1. The van der Waals surface area contributed by atoms with Gasteiger partial charge in [0, 0.05) is 18.8 Å². The molecule has 2 aliphatic rings. The van der Waals surface area contributed by atoms with Crippen molar-refractivity contribution < 1.29 is 17.9 Å². The van der Waals surface area contributed by atoms with Gasteiger partial charge in [-0.3, -0.25) is 4.79 Å². The van der Waals surface area contributed by atoms with Crippen LogP contribution in [0.2, 0.25) is 5.15 Å². The number of aromatic nitrogens is 4. The van der Waals surface area contributed by atoms with Crippen LogP contribution in [0.15, 0.2) is 47.6 Å². The number of nitrogens with zero attached hydrogens (tertiary/aromatic N) is 4. The van der Waals surface area contributed by atoms with E-state index in [1.807, 2.05) is 0 Å². The molecule has 1 amide bonds. The van der Waals surface area contributed by atoms with Crippen LogP contribution in [0.1, 0.15) is 95.3 Å². The summed E-state index contributed by atoms with van der Waals surface area (Å²) in [6, 6.07) is 9.31. The Bertz CT molecular complexity index is 1570. The van der Waals surface area contributed by atoms with Crippen LogP contribution < -0.4 is 14.8 Å². The largest absolute Gasteiger partial charge is 0.477 e. The summed E-state index contributed by atoms with van der Waals surface area (Å²) >= 11 is 6.30. The van der Waals surface area contributed by atoms with Gasteiger partial charge in [-0.05, 0) is 86.0 Å². The third kappa shape index (κ3) is 8.72. The number of hydrogen-bond donors (Lipinski definition) is 2. The van der Waals surface area contributed by atoms with E-state index in [1.165, 1.54) is 67.8 Å². The molecule has 3 aromatic heterocycles. The van der Waals surface area contributed by atoms with Gasteiger partial charge in [0.15, 0.2) is 10.8 Å². The van der Waals surface area contributed by atoms with Crippen molar-refractivity contribution in [3.63, 3.8) is 0 Å². The summed E-state index contributed by atoms with van der Waals surface area (Å²) in [4.78, 5) is 21.4. The molecule has 0 spiro atoms. The Morgan fingerprint density at radius 2 is 1.89 bits per heavy atom. The lowest BCUT2D eigenvalue weighted by molar-refractivity contribution is 0.0981. The van der Waals surface area contributed by atoms with Gasteiger partial charge < -0.3 is 10.1 Å². The van der Waals surface area contributed by atoms with Crippen molar-refractivity contribution in [2.24, 2.45) is 16.7 Å². The second kappa shape index (κ2) is 13.4. The van der Waals surface area contributed by atoms with Crippen LogP contribution in [-0.4, -0.2) is 47.2 Å². The number of nitrogens with one attached hydrogen (secondary N) is 2. The van der Waals surface area contributed by atoms with E-state index in [-0.39, 0.29) is 15.7 Å². The number of pyridine rings is 2. The van der Waals surface area contributed by atoms with Crippen LogP contribution in [0.25, 0.3) is 5.82 Å². The Hall–Kier alpha value is -3.18. The molecule has 2 N–H and O–H groups in total. The molecule has 0 radical (unpaired) electrons. The van der Waals surface area contributed by atoms with E-state index in [1.54, 1.807) is 24.4 Å². The summed E-state index contributed by atoms with van der Waals surface area (Å²) in [6.07, 6.45) is 13.7. The zero-order valence-corrected chi connectivity index (χ0v) is 27.4. The highest BCUT2D eigenvalue weighted by atomic mass is 35.5. The Labute approximate surface area is 265 Å². The van der Waals surface area contributed by atoms with Crippen molar-refractivity contribution >= 4 is 33.3 Å². The Balaban J connectivity index is 1.10. The Morgan fingerprint density at radius 3 is 2.61 bits per heavy atom. The number of anilines is 1. The standard InChI is InChI=1S/C32H43ClN6O4S/c1-31(2)15-13-23(22-31)8-5-4-6-19-34-25-9-7-10-28(35-25)44(41,42)38-30(40)24-11-12-26(36-29(24)33)39-20-14-27(37-39)43-21-18-32(3)16-17-32/h7,9-12,14,20,23H,4-6,8,13,15-19,21-22H2,1-3H3,(H,34,35)(H,38,40). The summed E-state index contributed by atoms with van der Waals surface area (Å²) in [5.41, 5.74) is 0.796. The van der Waals surface area contributed by atoms with E-state index in [2.05, 4.69) is 45.9 Å². The molecular formula is C32H43ClN6O4S. The lowest BCUT2D eigenvalue weighted by Gasteiger charge is -2.17. The van der Waals surface area contributed by atoms with Gasteiger partial charge in [-0.15, -0.1) is 5.10 Å². The molecule has 2 aliphatic carbocycles. The Kier molecular flexibility index (Phi) is 9.84. The minimum atomic E-state index is -4.25. The summed E-state index contributed by atoms with van der Waals surface area (Å²) in [6.45, 7) is 8.24. The van der Waals surface area contributed by atoms with Crippen LogP contribution in [0.4, 0.5) is 5.82 Å². The van der Waals surface area contributed by atoms with Crippen molar-refractivity contribution in [1.29, 1.82) is 0 Å². The van der Waals surface area contributed by atoms with Crippen LogP contribution >= 0.6 is 11.6 Å². The summed E-state index contributed by atoms with van der Waals surface area (Å²) in [5, 5.41) is 7.14. The van der Waals surface area contributed by atoms with Crippen molar-refractivity contribution in [3.05, 3.63) is 53.3 Å². The molecular weight excluding hydrogens is 600 g/mol. The molecule has 0 aliphatic heterocycles. The van der Waals surface area contributed by atoms with Gasteiger partial charge in [0.05, 0.1) is 12.2 Å². The first-order chi connectivity index (χ1) is 20.9. The molecule has 238 valence electrons. The number of carbonyl (C=O) groups excluding carboxylic acids is 1. The first kappa shape index (κ1) is 32.2. The monoisotopic (exact) mass is 642 g/mol. The fourth-order valence-corrected chi connectivity index (χ4v) is 6.94. The third-order valence-electron chi connectivity index (χ3n) is 8.83. The number of sulfonamides is 1. The predicted octanol–water partition coefficient (Wildman–Crippen LogP) is 6.80. The maximum absolute atomic E-state index is 13.0. The van der Waals surface area contributed by atoms with Gasteiger partial charge in [-0.1, -0.05) is 57.7 Å². The maximum Gasteiger partial charge on any atom is 0.281 e. The van der Waals surface area contributed by atoms with Crippen molar-refractivity contribution in [1.82, 2.24) is 24.5 Å². The van der Waals surface area contributed by atoms with E-state index < -0.39 is 15.9 Å². The number of amides is 1. The lowest BCUT2D eigenvalue weighted by Crippen LogP contribution is -2.31. The van der Waals surface area contributed by atoms with Gasteiger partial charge in [0.2, 0.25) is 5.88 Å². The molecule has 2 saturated carbocycles. The number of unbranched alkanes of at least 4 members (excludes halogenated alkanes) is 2. The quantitative estimate of drug-likeness (QED) is 0.137. The molecule has 3 heterocycles. The number of carbonyl (C=O) groups is 1. The summed E-state index contributed by atoms with van der Waals surface area (Å²) in [5.74, 6) is 1.20. The summed E-state index contributed by atoms with van der Waals surface area (Å²) < 4.78 is 35.3. The van der Waals surface area contributed by atoms with Crippen molar-refractivity contribution in [3.8, 4) is 11.7 Å². The zero-order valence-electron chi connectivity index (χ0n) is 25.8. The predicted molar refractivity (Wildman–Crippen MR) is 171 cm³/mol. The maximum atomic E-state index is 13.0. The molecule has 2 fully saturated rings. The van der Waals surface area contributed by atoms with Crippen LogP contribution in [0.3, 0.4) is 0 Å². The fraction of sp³-hybridized carbons (Fsp3) is 0.562. The molecule has 0 bridgehead atoms. The molecule has 44 heavy (non-hydrogen) atoms. The van der Waals surface area contributed by atoms with Gasteiger partial charge in [-0.25, -0.2) is 19.4 Å². The summed E-state index contributed by atoms with van der Waals surface area (Å²) in [7, 11) is -4.25. The van der Waals surface area contributed by atoms with Crippen molar-refractivity contribution in [2.45, 2.75) is 90.0 Å². The highest BCUT2D eigenvalue weighted by molar-refractivity contribution is 7.90. The molecule has 1 unspecified atom stereocenters. The number of halogens is 1. The van der Waals surface area contributed by atoms with E-state index in [9.17, 15) is 13.2 Å². The average Bonchev–Trinajstić information content (AvgIpc) is 3.34. The zero-order chi connectivity index (χ0) is 31.4. The van der Waals surface area contributed by atoms with Crippen molar-refractivity contribution in [2.75, 3.05) is 18.5 Å². The normalized spacial score (nSPS) is 18.6. The fourth-order valence-electron chi connectivity index (χ4n) is 5.77. The van der Waals surface area contributed by atoms with E-state index in [0.29, 0.717) is 41.5 Å². The third-order valence-corrected chi connectivity index (χ3v) is 10.3. The number of hydrogen-bond acceptors (Lipinski definition) is 8. The molecule has 5 rings (SSSR count). The second-order valence-corrected chi connectivity index (χ2v) is 15.3. The molecule has 0 saturated heterocycles. The van der Waals surface area contributed by atoms with Crippen LogP contribution in [0.5, 0.6) is 5.88 Å². The molecule has 12 heteroatoms. The van der Waals surface area contributed by atoms with Gasteiger partial charge in [0.25, 0.3) is 15.9 Å². The Morgan fingerprint density at radius 1 is 1.07 bits per heavy atom. The van der Waals surface area contributed by atoms with Gasteiger partial charge in [-0.2, -0.15) is 8.42 Å². The molecule has 0 aromatic carbocycles.